The van der Waals surface area contributed by atoms with Crippen LogP contribution >= 0.6 is 0 Å². The number of nitrogens with zero attached hydrogens (tertiary/aromatic N) is 4. The fourth-order valence-corrected chi connectivity index (χ4v) is 4.90. The summed E-state index contributed by atoms with van der Waals surface area (Å²) in [6, 6.07) is 14.5. The predicted molar refractivity (Wildman–Crippen MR) is 128 cm³/mol. The van der Waals surface area contributed by atoms with Crippen molar-refractivity contribution in [3.8, 4) is 0 Å². The average Bonchev–Trinajstić information content (AvgIpc) is 2.81. The van der Waals surface area contributed by atoms with Crippen molar-refractivity contribution in [3.05, 3.63) is 59.0 Å². The van der Waals surface area contributed by atoms with Gasteiger partial charge in [0, 0.05) is 67.3 Å². The summed E-state index contributed by atoms with van der Waals surface area (Å²) in [6.45, 7) is 4.33. The van der Waals surface area contributed by atoms with E-state index in [1.54, 1.807) is 6.07 Å². The van der Waals surface area contributed by atoms with E-state index >= 15 is 0 Å². The molecule has 2 fully saturated rings. The predicted octanol–water partition coefficient (Wildman–Crippen LogP) is 4.40. The number of aromatic nitrogens is 2. The molecule has 31 heavy (non-hydrogen) atoms. The molecule has 162 valence electrons. The van der Waals surface area contributed by atoms with Gasteiger partial charge in [-0.3, -0.25) is 4.79 Å². The lowest BCUT2D eigenvalue weighted by Gasteiger charge is -2.34. The monoisotopic (exact) mass is 417 g/mol. The Kier molecular flexibility index (Phi) is 5.64. The van der Waals surface area contributed by atoms with Crippen molar-refractivity contribution >= 4 is 28.1 Å². The van der Waals surface area contributed by atoms with Crippen LogP contribution < -0.4 is 15.8 Å². The van der Waals surface area contributed by atoms with E-state index < -0.39 is 0 Å². The van der Waals surface area contributed by atoms with Crippen LogP contribution in [0.4, 0.5) is 17.2 Å². The molecule has 2 aliphatic rings. The van der Waals surface area contributed by atoms with Crippen molar-refractivity contribution in [1.29, 1.82) is 0 Å². The summed E-state index contributed by atoms with van der Waals surface area (Å²) in [5, 5.41) is 4.44. The van der Waals surface area contributed by atoms with E-state index in [4.69, 9.17) is 0 Å². The van der Waals surface area contributed by atoms with Gasteiger partial charge in [0.05, 0.1) is 5.52 Å². The quantitative estimate of drug-likeness (QED) is 0.682. The van der Waals surface area contributed by atoms with Crippen LogP contribution in [-0.4, -0.2) is 47.7 Å². The highest BCUT2D eigenvalue weighted by Gasteiger charge is 2.19. The Morgan fingerprint density at radius 1 is 0.935 bits per heavy atom. The Morgan fingerprint density at radius 2 is 1.68 bits per heavy atom. The Balaban J connectivity index is 1.38. The minimum absolute atomic E-state index is 0.0908. The summed E-state index contributed by atoms with van der Waals surface area (Å²) in [7, 11) is 2.18. The number of nitrogens with one attached hydrogen (secondary N) is 1. The summed E-state index contributed by atoms with van der Waals surface area (Å²) < 4.78 is 2.00. The molecule has 1 aliphatic heterocycles. The van der Waals surface area contributed by atoms with Gasteiger partial charge in [-0.2, -0.15) is 0 Å². The third kappa shape index (κ3) is 4.30. The van der Waals surface area contributed by atoms with E-state index in [9.17, 15) is 4.79 Å². The molecule has 1 saturated heterocycles. The normalized spacial score (nSPS) is 18.4. The first-order valence-corrected chi connectivity index (χ1v) is 11.5. The van der Waals surface area contributed by atoms with Gasteiger partial charge in [0.2, 0.25) is 0 Å². The second-order valence-corrected chi connectivity index (χ2v) is 8.92. The van der Waals surface area contributed by atoms with Crippen molar-refractivity contribution in [2.45, 2.75) is 38.1 Å². The second-order valence-electron chi connectivity index (χ2n) is 8.92. The Labute approximate surface area is 183 Å². The van der Waals surface area contributed by atoms with Crippen molar-refractivity contribution < 1.29 is 0 Å². The number of anilines is 3. The van der Waals surface area contributed by atoms with Gasteiger partial charge in [0.25, 0.3) is 5.56 Å². The van der Waals surface area contributed by atoms with E-state index in [-0.39, 0.29) is 5.56 Å². The zero-order chi connectivity index (χ0) is 21.2. The maximum absolute atomic E-state index is 12.7. The highest BCUT2D eigenvalue weighted by Crippen LogP contribution is 2.30. The highest BCUT2D eigenvalue weighted by atomic mass is 16.1. The molecule has 1 aromatic carbocycles. The lowest BCUT2D eigenvalue weighted by Crippen LogP contribution is -2.44. The summed E-state index contributed by atoms with van der Waals surface area (Å²) in [5.74, 6) is 0.773. The first-order chi connectivity index (χ1) is 15.2. The topological polar surface area (TPSA) is 53.4 Å². The van der Waals surface area contributed by atoms with Crippen LogP contribution in [0.1, 0.15) is 38.1 Å². The molecule has 6 heteroatoms. The summed E-state index contributed by atoms with van der Waals surface area (Å²) >= 11 is 0. The zero-order valence-corrected chi connectivity index (χ0v) is 18.3. The van der Waals surface area contributed by atoms with Crippen molar-refractivity contribution in [1.82, 2.24) is 14.5 Å². The lowest BCUT2D eigenvalue weighted by molar-refractivity contribution is 0.313. The molecule has 0 unspecified atom stereocenters. The highest BCUT2D eigenvalue weighted by molar-refractivity contribution is 5.81. The van der Waals surface area contributed by atoms with E-state index in [1.165, 1.54) is 24.9 Å². The number of likely N-dealkylation sites (N-methyl/N-ethyl adjacent to an activating group) is 1. The van der Waals surface area contributed by atoms with Gasteiger partial charge in [-0.15, -0.1) is 0 Å². The Morgan fingerprint density at radius 3 is 2.42 bits per heavy atom. The van der Waals surface area contributed by atoms with Gasteiger partial charge in [-0.25, -0.2) is 4.98 Å². The van der Waals surface area contributed by atoms with E-state index in [0.29, 0.717) is 6.04 Å². The molecule has 0 atom stereocenters. The van der Waals surface area contributed by atoms with Crippen LogP contribution in [-0.2, 0) is 0 Å². The van der Waals surface area contributed by atoms with Gasteiger partial charge in [-0.05, 0) is 50.2 Å². The van der Waals surface area contributed by atoms with Crippen molar-refractivity contribution in [2.24, 2.45) is 0 Å². The average molecular weight is 418 g/mol. The SMILES string of the molecule is CN1CCN(c2ccc(Nc3cc4c(ccc(=O)n4C4CCCCC4)cn3)cc2)CC1. The minimum Gasteiger partial charge on any atom is -0.369 e. The number of hydrogen-bond acceptors (Lipinski definition) is 5. The second kappa shape index (κ2) is 8.71. The van der Waals surface area contributed by atoms with Crippen LogP contribution in [0.25, 0.3) is 10.9 Å². The number of pyridine rings is 2. The van der Waals surface area contributed by atoms with E-state index in [2.05, 4.69) is 51.4 Å². The van der Waals surface area contributed by atoms with Gasteiger partial charge >= 0.3 is 0 Å². The third-order valence-electron chi connectivity index (χ3n) is 6.76. The molecule has 1 aliphatic carbocycles. The smallest absolute Gasteiger partial charge is 0.251 e. The number of hydrogen-bond donors (Lipinski definition) is 1. The van der Waals surface area contributed by atoms with Crippen molar-refractivity contribution in [3.63, 3.8) is 0 Å². The van der Waals surface area contributed by atoms with E-state index in [0.717, 1.165) is 61.4 Å². The molecular formula is C25H31N5O. The van der Waals surface area contributed by atoms with Crippen LogP contribution in [0.3, 0.4) is 0 Å². The first kappa shape index (κ1) is 20.1. The Hall–Kier alpha value is -2.86. The van der Waals surface area contributed by atoms with Crippen LogP contribution in [0.5, 0.6) is 0 Å². The largest absolute Gasteiger partial charge is 0.369 e. The lowest BCUT2D eigenvalue weighted by atomic mass is 9.95. The summed E-state index contributed by atoms with van der Waals surface area (Å²) in [5.41, 5.74) is 3.34. The number of rotatable bonds is 4. The molecule has 1 saturated carbocycles. The first-order valence-electron chi connectivity index (χ1n) is 11.5. The van der Waals surface area contributed by atoms with Gasteiger partial charge < -0.3 is 19.7 Å². The van der Waals surface area contributed by atoms with Gasteiger partial charge in [-0.1, -0.05) is 19.3 Å². The number of benzene rings is 1. The summed E-state index contributed by atoms with van der Waals surface area (Å²) in [4.78, 5) is 22.1. The molecule has 3 heterocycles. The number of piperazine rings is 1. The molecule has 0 radical (unpaired) electrons. The van der Waals surface area contributed by atoms with Crippen LogP contribution in [0.2, 0.25) is 0 Å². The molecule has 2 aromatic heterocycles. The van der Waals surface area contributed by atoms with Gasteiger partial charge in [0.15, 0.2) is 0 Å². The Bertz CT molecular complexity index is 1090. The molecule has 0 amide bonds. The molecular weight excluding hydrogens is 386 g/mol. The van der Waals surface area contributed by atoms with Gasteiger partial charge in [0.1, 0.15) is 5.82 Å². The molecule has 1 N–H and O–H groups in total. The van der Waals surface area contributed by atoms with E-state index in [1.807, 2.05) is 22.9 Å². The van der Waals surface area contributed by atoms with Crippen LogP contribution in [0.15, 0.2) is 53.5 Å². The maximum atomic E-state index is 12.7. The molecule has 0 bridgehead atoms. The maximum Gasteiger partial charge on any atom is 0.251 e. The summed E-state index contributed by atoms with van der Waals surface area (Å²) in [6.07, 6.45) is 7.70. The minimum atomic E-state index is 0.0908. The molecule has 0 spiro atoms. The number of fused-ring (bicyclic) bond motifs is 1. The fraction of sp³-hybridized carbons (Fsp3) is 0.440. The fourth-order valence-electron chi connectivity index (χ4n) is 4.90. The van der Waals surface area contributed by atoms with Crippen molar-refractivity contribution in [2.75, 3.05) is 43.4 Å². The molecule has 3 aromatic rings. The zero-order valence-electron chi connectivity index (χ0n) is 18.3. The third-order valence-corrected chi connectivity index (χ3v) is 6.76. The standard InChI is InChI=1S/C25H31N5O/c1-28-13-15-29(16-14-28)21-10-8-20(9-11-21)27-24-17-23-19(18-26-24)7-12-25(31)30(23)22-5-3-2-4-6-22/h7-12,17-18,22H,2-6,13-16H2,1H3,(H,26,27). The molecule has 5 rings (SSSR count). The van der Waals surface area contributed by atoms with Crippen LogP contribution in [0, 0.1) is 0 Å². The molecule has 6 nitrogen and oxygen atoms in total.